The first-order chi connectivity index (χ1) is 14.1. The van der Waals surface area contributed by atoms with Gasteiger partial charge < -0.3 is 10.2 Å². The summed E-state index contributed by atoms with van der Waals surface area (Å²) in [6, 6.07) is 4.32. The molecule has 0 spiro atoms. The molecular weight excluding hydrogens is 415 g/mol. The lowest BCUT2D eigenvalue weighted by Crippen LogP contribution is -2.32. The van der Waals surface area contributed by atoms with E-state index in [0.717, 1.165) is 30.3 Å². The van der Waals surface area contributed by atoms with Gasteiger partial charge in [0.25, 0.3) is 5.95 Å². The molecule has 3 heterocycles. The van der Waals surface area contributed by atoms with Crippen LogP contribution in [0.25, 0.3) is 5.95 Å². The predicted molar refractivity (Wildman–Crippen MR) is 112 cm³/mol. The zero-order chi connectivity index (χ0) is 20.2. The number of thioether (sulfide) groups is 1. The lowest BCUT2D eigenvalue weighted by atomic mass is 10.1. The van der Waals surface area contributed by atoms with Crippen molar-refractivity contribution in [2.45, 2.75) is 6.42 Å². The molecular formula is C19H18ClFN6OS. The van der Waals surface area contributed by atoms with Crippen LogP contribution >= 0.6 is 23.4 Å². The van der Waals surface area contributed by atoms with Gasteiger partial charge in [0.1, 0.15) is 5.82 Å². The Bertz CT molecular complexity index is 986. The third kappa shape index (κ3) is 4.68. The largest absolute Gasteiger partial charge is 0.367 e. The number of nitrogens with one attached hydrogen (secondary N) is 1. The van der Waals surface area contributed by atoms with Crippen molar-refractivity contribution in [1.29, 1.82) is 0 Å². The third-order valence-corrected chi connectivity index (χ3v) is 5.77. The first-order valence-corrected chi connectivity index (χ1v) is 10.6. The van der Waals surface area contributed by atoms with Crippen LogP contribution in [0.15, 0.2) is 43.0 Å². The SMILES string of the molecule is O=C(Cc1c(F)cccc1Cl)Nc1cnn(-c2ncc(N3CCSCC3)cn2)c1. The van der Waals surface area contributed by atoms with Crippen LogP contribution in [0.4, 0.5) is 15.8 Å². The van der Waals surface area contributed by atoms with Gasteiger partial charge in [0, 0.05) is 35.2 Å². The molecule has 1 fully saturated rings. The number of anilines is 2. The molecule has 0 radical (unpaired) electrons. The monoisotopic (exact) mass is 432 g/mol. The number of rotatable bonds is 5. The Morgan fingerprint density at radius 1 is 1.21 bits per heavy atom. The Kier molecular flexibility index (Phi) is 5.96. The van der Waals surface area contributed by atoms with Crippen LogP contribution in [0.3, 0.4) is 0 Å². The molecule has 0 atom stereocenters. The number of carbonyl (C=O) groups is 1. The van der Waals surface area contributed by atoms with E-state index in [9.17, 15) is 9.18 Å². The molecule has 29 heavy (non-hydrogen) atoms. The number of benzene rings is 1. The number of hydrogen-bond donors (Lipinski definition) is 1. The summed E-state index contributed by atoms with van der Waals surface area (Å²) in [6.07, 6.45) is 6.47. The molecule has 1 amide bonds. The van der Waals surface area contributed by atoms with Gasteiger partial charge in [-0.1, -0.05) is 17.7 Å². The molecule has 1 saturated heterocycles. The van der Waals surface area contributed by atoms with Gasteiger partial charge in [-0.15, -0.1) is 0 Å². The molecule has 0 bridgehead atoms. The van der Waals surface area contributed by atoms with Crippen LogP contribution in [0, 0.1) is 5.82 Å². The van der Waals surface area contributed by atoms with Crippen molar-refractivity contribution in [2.75, 3.05) is 34.8 Å². The maximum atomic E-state index is 13.8. The highest BCUT2D eigenvalue weighted by Gasteiger charge is 2.14. The van der Waals surface area contributed by atoms with Gasteiger partial charge in [0.05, 0.1) is 42.6 Å². The predicted octanol–water partition coefficient (Wildman–Crippen LogP) is 3.19. The summed E-state index contributed by atoms with van der Waals surface area (Å²) >= 11 is 7.92. The lowest BCUT2D eigenvalue weighted by molar-refractivity contribution is -0.115. The topological polar surface area (TPSA) is 75.9 Å². The summed E-state index contributed by atoms with van der Waals surface area (Å²) in [4.78, 5) is 23.2. The molecule has 150 valence electrons. The summed E-state index contributed by atoms with van der Waals surface area (Å²) in [5.41, 5.74) is 1.61. The fourth-order valence-corrected chi connectivity index (χ4v) is 4.11. The van der Waals surface area contributed by atoms with Gasteiger partial charge in [-0.2, -0.15) is 16.9 Å². The number of amides is 1. The normalized spacial score (nSPS) is 14.1. The van der Waals surface area contributed by atoms with Gasteiger partial charge in [-0.3, -0.25) is 4.79 Å². The summed E-state index contributed by atoms with van der Waals surface area (Å²) in [7, 11) is 0. The van der Waals surface area contributed by atoms with Gasteiger partial charge in [-0.25, -0.2) is 19.0 Å². The van der Waals surface area contributed by atoms with E-state index in [1.807, 2.05) is 11.8 Å². The summed E-state index contributed by atoms with van der Waals surface area (Å²) in [5.74, 6) is 1.70. The molecule has 1 aliphatic heterocycles. The molecule has 4 rings (SSSR count). The second kappa shape index (κ2) is 8.79. The van der Waals surface area contributed by atoms with Gasteiger partial charge in [0.2, 0.25) is 5.91 Å². The van der Waals surface area contributed by atoms with E-state index >= 15 is 0 Å². The summed E-state index contributed by atoms with van der Waals surface area (Å²) < 4.78 is 15.3. The van der Waals surface area contributed by atoms with Crippen LogP contribution in [-0.4, -0.2) is 50.3 Å². The van der Waals surface area contributed by atoms with E-state index < -0.39 is 11.7 Å². The molecule has 3 aromatic rings. The molecule has 10 heteroatoms. The minimum absolute atomic E-state index is 0.161. The minimum atomic E-state index is -0.510. The molecule has 2 aromatic heterocycles. The lowest BCUT2D eigenvalue weighted by Gasteiger charge is -2.27. The van der Waals surface area contributed by atoms with Crippen molar-refractivity contribution in [3.63, 3.8) is 0 Å². The summed E-state index contributed by atoms with van der Waals surface area (Å²) in [5, 5.41) is 7.09. The number of hydrogen-bond acceptors (Lipinski definition) is 6. The van der Waals surface area contributed by atoms with Crippen molar-refractivity contribution in [3.8, 4) is 5.95 Å². The van der Waals surface area contributed by atoms with E-state index in [0.29, 0.717) is 11.6 Å². The third-order valence-electron chi connectivity index (χ3n) is 4.47. The van der Waals surface area contributed by atoms with E-state index in [1.165, 1.54) is 23.0 Å². The van der Waals surface area contributed by atoms with Crippen molar-refractivity contribution in [1.82, 2.24) is 19.7 Å². The minimum Gasteiger partial charge on any atom is -0.367 e. The van der Waals surface area contributed by atoms with Gasteiger partial charge in [-0.05, 0) is 12.1 Å². The van der Waals surface area contributed by atoms with Gasteiger partial charge in [0.15, 0.2) is 0 Å². The Balaban J connectivity index is 1.41. The molecule has 1 aromatic carbocycles. The zero-order valence-corrected chi connectivity index (χ0v) is 17.0. The van der Waals surface area contributed by atoms with Crippen LogP contribution in [0.1, 0.15) is 5.56 Å². The highest BCUT2D eigenvalue weighted by atomic mass is 35.5. The van der Waals surface area contributed by atoms with Crippen LogP contribution in [-0.2, 0) is 11.2 Å². The second-order valence-corrected chi connectivity index (χ2v) is 8.07. The number of carbonyl (C=O) groups excluding carboxylic acids is 1. The van der Waals surface area contributed by atoms with E-state index in [2.05, 4.69) is 25.3 Å². The highest BCUT2D eigenvalue weighted by molar-refractivity contribution is 7.99. The fraction of sp³-hybridized carbons (Fsp3) is 0.263. The molecule has 0 unspecified atom stereocenters. The van der Waals surface area contributed by atoms with Crippen LogP contribution in [0.2, 0.25) is 5.02 Å². The Morgan fingerprint density at radius 2 is 1.97 bits per heavy atom. The second-order valence-electron chi connectivity index (χ2n) is 6.44. The first kappa shape index (κ1) is 19.7. The Labute approximate surface area is 176 Å². The van der Waals surface area contributed by atoms with Crippen molar-refractivity contribution in [3.05, 3.63) is 59.4 Å². The average molecular weight is 433 g/mol. The molecule has 0 aliphatic carbocycles. The smallest absolute Gasteiger partial charge is 0.250 e. The Hall–Kier alpha value is -2.65. The zero-order valence-electron chi connectivity index (χ0n) is 15.4. The highest BCUT2D eigenvalue weighted by Crippen LogP contribution is 2.21. The maximum Gasteiger partial charge on any atom is 0.250 e. The van der Waals surface area contributed by atoms with Crippen LogP contribution in [0.5, 0.6) is 0 Å². The molecule has 1 N–H and O–H groups in total. The van der Waals surface area contributed by atoms with E-state index in [4.69, 9.17) is 11.6 Å². The van der Waals surface area contributed by atoms with Crippen molar-refractivity contribution in [2.24, 2.45) is 0 Å². The fourth-order valence-electron chi connectivity index (χ4n) is 2.98. The standard InChI is InChI=1S/C19H18ClFN6OS/c20-16-2-1-3-17(21)15(16)8-18(28)25-13-9-24-27(12-13)19-22-10-14(11-23-19)26-4-6-29-7-5-26/h1-3,9-12H,4-8H2,(H,25,28). The van der Waals surface area contributed by atoms with Crippen LogP contribution < -0.4 is 10.2 Å². The number of aromatic nitrogens is 4. The molecule has 1 aliphatic rings. The maximum absolute atomic E-state index is 13.8. The first-order valence-electron chi connectivity index (χ1n) is 9.02. The summed E-state index contributed by atoms with van der Waals surface area (Å²) in [6.45, 7) is 1.97. The van der Waals surface area contributed by atoms with E-state index in [-0.39, 0.29) is 17.0 Å². The van der Waals surface area contributed by atoms with E-state index in [1.54, 1.807) is 24.7 Å². The molecule has 0 saturated carbocycles. The molecule has 7 nitrogen and oxygen atoms in total. The van der Waals surface area contributed by atoms with Gasteiger partial charge >= 0.3 is 0 Å². The average Bonchev–Trinajstić information content (AvgIpc) is 3.20. The van der Waals surface area contributed by atoms with Crippen molar-refractivity contribution >= 4 is 40.6 Å². The Morgan fingerprint density at radius 3 is 2.69 bits per heavy atom. The van der Waals surface area contributed by atoms with Crippen molar-refractivity contribution < 1.29 is 9.18 Å². The number of nitrogens with zero attached hydrogens (tertiary/aromatic N) is 5. The quantitative estimate of drug-likeness (QED) is 0.667. The number of halogens is 2.